The third kappa shape index (κ3) is 5.35. The van der Waals surface area contributed by atoms with Gasteiger partial charge in [-0.15, -0.1) is 0 Å². The van der Waals surface area contributed by atoms with Gasteiger partial charge in [-0.2, -0.15) is 0 Å². The van der Waals surface area contributed by atoms with Crippen LogP contribution in [0.1, 0.15) is 20.8 Å². The zero-order valence-corrected chi connectivity index (χ0v) is 12.2. The third-order valence-electron chi connectivity index (χ3n) is 2.73. The molecule has 0 bridgehead atoms. The summed E-state index contributed by atoms with van der Waals surface area (Å²) in [5, 5.41) is 11.9. The number of likely N-dealkylation sites (N-methyl/N-ethyl adjacent to an activating group) is 1. The van der Waals surface area contributed by atoms with Gasteiger partial charge in [0.25, 0.3) is 0 Å². The van der Waals surface area contributed by atoms with Crippen LogP contribution >= 0.6 is 0 Å². The SMILES string of the molecule is CCN(CC(=O)Nc1ccc(F)c(F)c1F)CC(C)(C)O. The molecule has 0 atom stereocenters. The number of amides is 1. The second kappa shape index (κ2) is 6.91. The van der Waals surface area contributed by atoms with Gasteiger partial charge in [-0.25, -0.2) is 13.2 Å². The molecule has 0 saturated carbocycles. The zero-order chi connectivity index (χ0) is 16.2. The molecule has 2 N–H and O–H groups in total. The van der Waals surface area contributed by atoms with Crippen LogP contribution in [-0.4, -0.2) is 41.1 Å². The summed E-state index contributed by atoms with van der Waals surface area (Å²) in [7, 11) is 0. The molecule has 1 aromatic carbocycles. The quantitative estimate of drug-likeness (QED) is 0.792. The van der Waals surface area contributed by atoms with Crippen LogP contribution in [-0.2, 0) is 4.79 Å². The van der Waals surface area contributed by atoms with Gasteiger partial charge in [-0.05, 0) is 32.5 Å². The van der Waals surface area contributed by atoms with E-state index in [4.69, 9.17) is 0 Å². The first kappa shape index (κ1) is 17.5. The van der Waals surface area contributed by atoms with Gasteiger partial charge in [0.15, 0.2) is 17.5 Å². The van der Waals surface area contributed by atoms with Crippen molar-refractivity contribution in [2.24, 2.45) is 0 Å². The predicted molar refractivity (Wildman–Crippen MR) is 73.4 cm³/mol. The van der Waals surface area contributed by atoms with Gasteiger partial charge >= 0.3 is 0 Å². The predicted octanol–water partition coefficient (Wildman–Crippen LogP) is 2.14. The summed E-state index contributed by atoms with van der Waals surface area (Å²) in [6.45, 7) is 5.65. The van der Waals surface area contributed by atoms with Gasteiger partial charge in [-0.3, -0.25) is 9.69 Å². The molecule has 0 fully saturated rings. The summed E-state index contributed by atoms with van der Waals surface area (Å²) >= 11 is 0. The molecule has 0 radical (unpaired) electrons. The van der Waals surface area contributed by atoms with Crippen molar-refractivity contribution in [1.29, 1.82) is 0 Å². The average molecular weight is 304 g/mol. The van der Waals surface area contributed by atoms with Gasteiger partial charge in [0, 0.05) is 6.54 Å². The van der Waals surface area contributed by atoms with Crippen LogP contribution in [0.4, 0.5) is 18.9 Å². The summed E-state index contributed by atoms with van der Waals surface area (Å²) in [6, 6.07) is 1.69. The Balaban J connectivity index is 2.71. The fourth-order valence-electron chi connectivity index (χ4n) is 1.84. The summed E-state index contributed by atoms with van der Waals surface area (Å²) in [5.41, 5.74) is -1.40. The molecule has 0 heterocycles. The minimum atomic E-state index is -1.63. The van der Waals surface area contributed by atoms with Crippen molar-refractivity contribution in [3.05, 3.63) is 29.6 Å². The lowest BCUT2D eigenvalue weighted by Crippen LogP contribution is -2.42. The molecule has 118 valence electrons. The van der Waals surface area contributed by atoms with Crippen LogP contribution in [0.25, 0.3) is 0 Å². The van der Waals surface area contributed by atoms with E-state index in [9.17, 15) is 23.1 Å². The fraction of sp³-hybridized carbons (Fsp3) is 0.500. The average Bonchev–Trinajstić information content (AvgIpc) is 2.37. The van der Waals surface area contributed by atoms with Crippen molar-refractivity contribution in [3.63, 3.8) is 0 Å². The Bertz CT molecular complexity index is 516. The molecule has 4 nitrogen and oxygen atoms in total. The molecule has 0 aliphatic carbocycles. The number of rotatable bonds is 6. The zero-order valence-electron chi connectivity index (χ0n) is 12.2. The molecule has 0 aromatic heterocycles. The minimum Gasteiger partial charge on any atom is -0.389 e. The Hall–Kier alpha value is -1.60. The summed E-state index contributed by atoms with van der Waals surface area (Å²) < 4.78 is 39.3. The second-order valence-corrected chi connectivity index (χ2v) is 5.39. The highest BCUT2D eigenvalue weighted by Gasteiger charge is 2.20. The number of hydrogen-bond acceptors (Lipinski definition) is 3. The number of carbonyl (C=O) groups excluding carboxylic acids is 1. The monoisotopic (exact) mass is 304 g/mol. The molecule has 7 heteroatoms. The summed E-state index contributed by atoms with van der Waals surface area (Å²) in [6.07, 6.45) is 0. The van der Waals surface area contributed by atoms with E-state index in [1.54, 1.807) is 25.7 Å². The molecular weight excluding hydrogens is 285 g/mol. The minimum absolute atomic E-state index is 0.0983. The van der Waals surface area contributed by atoms with Gasteiger partial charge in [0.1, 0.15) is 0 Å². The molecular formula is C14H19F3N2O2. The largest absolute Gasteiger partial charge is 0.389 e. The third-order valence-corrected chi connectivity index (χ3v) is 2.73. The van der Waals surface area contributed by atoms with Crippen LogP contribution in [0.5, 0.6) is 0 Å². The Morgan fingerprint density at radius 1 is 1.29 bits per heavy atom. The number of anilines is 1. The molecule has 1 aromatic rings. The van der Waals surface area contributed by atoms with Gasteiger partial charge in [-0.1, -0.05) is 6.92 Å². The second-order valence-electron chi connectivity index (χ2n) is 5.39. The first-order chi connectivity index (χ1) is 9.64. The van der Waals surface area contributed by atoms with Crippen LogP contribution in [0, 0.1) is 17.5 Å². The maximum Gasteiger partial charge on any atom is 0.238 e. The fourth-order valence-corrected chi connectivity index (χ4v) is 1.84. The molecule has 0 unspecified atom stereocenters. The van der Waals surface area contributed by atoms with Gasteiger partial charge in [0.2, 0.25) is 5.91 Å². The summed E-state index contributed by atoms with van der Waals surface area (Å²) in [5.74, 6) is -4.96. The Labute approximate surface area is 121 Å². The highest BCUT2D eigenvalue weighted by molar-refractivity contribution is 5.92. The van der Waals surface area contributed by atoms with Crippen LogP contribution in [0.15, 0.2) is 12.1 Å². The number of nitrogens with one attached hydrogen (secondary N) is 1. The molecule has 0 aliphatic heterocycles. The van der Waals surface area contributed by atoms with Crippen LogP contribution in [0.2, 0.25) is 0 Å². The molecule has 1 rings (SSSR count). The number of benzene rings is 1. The van der Waals surface area contributed by atoms with Crippen molar-refractivity contribution >= 4 is 11.6 Å². The van der Waals surface area contributed by atoms with E-state index in [0.29, 0.717) is 6.54 Å². The van der Waals surface area contributed by atoms with Crippen LogP contribution in [0.3, 0.4) is 0 Å². The van der Waals surface area contributed by atoms with Crippen LogP contribution < -0.4 is 5.32 Å². The highest BCUT2D eigenvalue weighted by atomic mass is 19.2. The molecule has 0 spiro atoms. The van der Waals surface area contributed by atoms with Crippen molar-refractivity contribution in [2.75, 3.05) is 25.0 Å². The normalized spacial score (nSPS) is 11.8. The lowest BCUT2D eigenvalue weighted by Gasteiger charge is -2.27. The highest BCUT2D eigenvalue weighted by Crippen LogP contribution is 2.19. The first-order valence-corrected chi connectivity index (χ1v) is 6.52. The molecule has 21 heavy (non-hydrogen) atoms. The van der Waals surface area contributed by atoms with Crippen molar-refractivity contribution < 1.29 is 23.1 Å². The number of carbonyl (C=O) groups is 1. The Kier molecular flexibility index (Phi) is 5.74. The van der Waals surface area contributed by atoms with E-state index < -0.39 is 34.6 Å². The van der Waals surface area contributed by atoms with E-state index in [-0.39, 0.29) is 13.1 Å². The first-order valence-electron chi connectivity index (χ1n) is 6.52. The maximum absolute atomic E-state index is 13.4. The van der Waals surface area contributed by atoms with Crippen molar-refractivity contribution in [2.45, 2.75) is 26.4 Å². The maximum atomic E-state index is 13.4. The van der Waals surface area contributed by atoms with E-state index in [1.807, 2.05) is 0 Å². The standard InChI is InChI=1S/C14H19F3N2O2/c1-4-19(8-14(2,3)21)7-11(20)18-10-6-5-9(15)12(16)13(10)17/h5-6,21H,4,7-8H2,1-3H3,(H,18,20). The van der Waals surface area contributed by atoms with Gasteiger partial charge < -0.3 is 10.4 Å². The topological polar surface area (TPSA) is 52.6 Å². The molecule has 0 saturated heterocycles. The number of nitrogens with zero attached hydrogens (tertiary/aromatic N) is 1. The Morgan fingerprint density at radius 3 is 2.43 bits per heavy atom. The van der Waals surface area contributed by atoms with Crippen molar-refractivity contribution in [1.82, 2.24) is 4.90 Å². The lowest BCUT2D eigenvalue weighted by molar-refractivity contribution is -0.117. The number of hydrogen-bond donors (Lipinski definition) is 2. The number of aliphatic hydroxyl groups is 1. The van der Waals surface area contributed by atoms with Gasteiger partial charge in [0.05, 0.1) is 17.8 Å². The summed E-state index contributed by atoms with van der Waals surface area (Å²) in [4.78, 5) is 13.4. The number of halogens is 3. The Morgan fingerprint density at radius 2 is 1.90 bits per heavy atom. The molecule has 1 amide bonds. The smallest absolute Gasteiger partial charge is 0.238 e. The van der Waals surface area contributed by atoms with E-state index in [0.717, 1.165) is 12.1 Å². The van der Waals surface area contributed by atoms with E-state index in [2.05, 4.69) is 5.32 Å². The lowest BCUT2D eigenvalue weighted by atomic mass is 10.1. The van der Waals surface area contributed by atoms with E-state index in [1.165, 1.54) is 0 Å². The van der Waals surface area contributed by atoms with E-state index >= 15 is 0 Å². The van der Waals surface area contributed by atoms with Crippen molar-refractivity contribution in [3.8, 4) is 0 Å². The molecule has 0 aliphatic rings.